The molecule has 0 spiro atoms. The molecule has 0 aromatic heterocycles. The smallest absolute Gasteiger partial charge is 0.326 e. The summed E-state index contributed by atoms with van der Waals surface area (Å²) in [5, 5.41) is 23.6. The topological polar surface area (TPSA) is 121 Å². The molecule has 0 heterocycles. The Bertz CT molecular complexity index is 722. The van der Waals surface area contributed by atoms with Crippen molar-refractivity contribution < 1.29 is 24.2 Å². The Morgan fingerprint density at radius 1 is 1.31 bits per heavy atom. The van der Waals surface area contributed by atoms with Crippen molar-refractivity contribution in [1.82, 2.24) is 5.32 Å². The molecule has 0 saturated heterocycles. The van der Waals surface area contributed by atoms with Gasteiger partial charge in [-0.25, -0.2) is 4.79 Å². The van der Waals surface area contributed by atoms with E-state index in [-0.39, 0.29) is 11.5 Å². The minimum absolute atomic E-state index is 0.136. The van der Waals surface area contributed by atoms with Gasteiger partial charge in [0, 0.05) is 12.3 Å². The zero-order chi connectivity index (χ0) is 19.7. The quantitative estimate of drug-likeness (QED) is 0.455. The third-order valence-electron chi connectivity index (χ3n) is 3.45. The Morgan fingerprint density at radius 3 is 2.50 bits per heavy atom. The van der Waals surface area contributed by atoms with E-state index in [0.717, 1.165) is 6.20 Å². The molecule has 0 aliphatic heterocycles. The number of carboxylic acids is 1. The molecule has 0 fully saturated rings. The lowest BCUT2D eigenvalue weighted by molar-refractivity contribution is -0.139. The summed E-state index contributed by atoms with van der Waals surface area (Å²) >= 11 is 0. The number of carbonyl (C=O) groups excluding carboxylic acids is 1. The highest BCUT2D eigenvalue weighted by molar-refractivity contribution is 6.07. The van der Waals surface area contributed by atoms with E-state index >= 15 is 0 Å². The number of aliphatic carboxylic acids is 1. The van der Waals surface area contributed by atoms with Gasteiger partial charge in [0.15, 0.2) is 0 Å². The van der Waals surface area contributed by atoms with Gasteiger partial charge >= 0.3 is 5.97 Å². The van der Waals surface area contributed by atoms with Crippen LogP contribution in [0.3, 0.4) is 0 Å². The van der Waals surface area contributed by atoms with Crippen LogP contribution in [0.2, 0.25) is 0 Å². The fourth-order valence-electron chi connectivity index (χ4n) is 2.15. The maximum Gasteiger partial charge on any atom is 0.326 e. The third kappa shape index (κ3) is 6.02. The maximum absolute atomic E-state index is 12.3. The van der Waals surface area contributed by atoms with Gasteiger partial charge in [0.25, 0.3) is 5.91 Å². The highest BCUT2D eigenvalue weighted by Crippen LogP contribution is 2.29. The van der Waals surface area contributed by atoms with E-state index in [9.17, 15) is 20.0 Å². The summed E-state index contributed by atoms with van der Waals surface area (Å²) in [4.78, 5) is 23.6. The highest BCUT2D eigenvalue weighted by atomic mass is 16.5. The minimum Gasteiger partial charge on any atom is -0.497 e. The summed E-state index contributed by atoms with van der Waals surface area (Å²) in [7, 11) is 2.93. The largest absolute Gasteiger partial charge is 0.497 e. The lowest BCUT2D eigenvalue weighted by atomic mass is 10.0. The molecule has 1 aromatic rings. The number of nitrogens with zero attached hydrogens (tertiary/aromatic N) is 1. The number of methoxy groups -OCH3 is 2. The second kappa shape index (κ2) is 9.93. The number of anilines is 1. The molecule has 8 nitrogen and oxygen atoms in total. The van der Waals surface area contributed by atoms with E-state index < -0.39 is 17.9 Å². The number of nitrogens with one attached hydrogen (secondary N) is 2. The number of ether oxygens (including phenoxy) is 2. The van der Waals surface area contributed by atoms with Crippen LogP contribution in [0.1, 0.15) is 20.3 Å². The molecule has 0 aliphatic rings. The summed E-state index contributed by atoms with van der Waals surface area (Å²) in [5.41, 5.74) is 0.0693. The lowest BCUT2D eigenvalue weighted by Gasteiger charge is -2.15. The summed E-state index contributed by atoms with van der Waals surface area (Å²) < 4.78 is 10.3. The molecule has 0 radical (unpaired) electrons. The molecule has 1 aromatic carbocycles. The van der Waals surface area contributed by atoms with Gasteiger partial charge < -0.3 is 25.2 Å². The third-order valence-corrected chi connectivity index (χ3v) is 3.45. The van der Waals surface area contributed by atoms with E-state index in [1.165, 1.54) is 14.2 Å². The number of hydrogen-bond donors (Lipinski definition) is 3. The molecular formula is C18H23N3O5. The van der Waals surface area contributed by atoms with Crippen molar-refractivity contribution in [3.63, 3.8) is 0 Å². The first-order valence-corrected chi connectivity index (χ1v) is 7.94. The molecule has 8 heteroatoms. The average molecular weight is 361 g/mol. The predicted octanol–water partition coefficient (Wildman–Crippen LogP) is 2.14. The zero-order valence-electron chi connectivity index (χ0n) is 15.2. The van der Waals surface area contributed by atoms with Crippen LogP contribution < -0.4 is 20.1 Å². The summed E-state index contributed by atoms with van der Waals surface area (Å²) in [5.74, 6) is -0.711. The molecule has 1 rings (SSSR count). The van der Waals surface area contributed by atoms with Crippen molar-refractivity contribution in [1.29, 1.82) is 5.26 Å². The fraction of sp³-hybridized carbons (Fsp3) is 0.389. The van der Waals surface area contributed by atoms with Crippen LogP contribution in [-0.2, 0) is 9.59 Å². The molecule has 1 unspecified atom stereocenters. The summed E-state index contributed by atoms with van der Waals surface area (Å²) in [6.07, 6.45) is 1.47. The Morgan fingerprint density at radius 2 is 2.00 bits per heavy atom. The first-order chi connectivity index (χ1) is 12.3. The zero-order valence-corrected chi connectivity index (χ0v) is 15.2. The van der Waals surface area contributed by atoms with Crippen LogP contribution in [-0.4, -0.2) is 37.2 Å². The molecule has 1 amide bonds. The van der Waals surface area contributed by atoms with Crippen molar-refractivity contribution in [3.8, 4) is 17.6 Å². The molecule has 0 saturated carbocycles. The van der Waals surface area contributed by atoms with E-state index in [4.69, 9.17) is 9.47 Å². The monoisotopic (exact) mass is 361 g/mol. The minimum atomic E-state index is -1.05. The molecule has 1 atom stereocenters. The van der Waals surface area contributed by atoms with Crippen LogP contribution in [0.25, 0.3) is 0 Å². The first kappa shape index (κ1) is 20.8. The van der Waals surface area contributed by atoms with Gasteiger partial charge in [0.1, 0.15) is 29.2 Å². The predicted molar refractivity (Wildman–Crippen MR) is 95.9 cm³/mol. The Labute approximate surface area is 152 Å². The van der Waals surface area contributed by atoms with E-state index in [0.29, 0.717) is 23.6 Å². The van der Waals surface area contributed by atoms with Gasteiger partial charge in [-0.3, -0.25) is 4.79 Å². The van der Waals surface area contributed by atoms with Gasteiger partial charge in [0.2, 0.25) is 0 Å². The maximum atomic E-state index is 12.3. The number of hydrogen-bond acceptors (Lipinski definition) is 6. The molecule has 0 aliphatic carbocycles. The van der Waals surface area contributed by atoms with Crippen molar-refractivity contribution >= 4 is 17.6 Å². The summed E-state index contributed by atoms with van der Waals surface area (Å²) in [6, 6.07) is 5.70. The van der Waals surface area contributed by atoms with Gasteiger partial charge in [-0.2, -0.15) is 5.26 Å². The standard InChI is InChI=1S/C18H23N3O5/c1-11(2)7-15(18(23)24)20-10-12(9-19)17(22)21-14-8-13(25-3)5-6-16(14)26-4/h5-6,8,10-11,15,20H,7H2,1-4H3,(H,21,22)(H,23,24)/b12-10-. The van der Waals surface area contributed by atoms with E-state index in [2.05, 4.69) is 10.6 Å². The number of benzene rings is 1. The van der Waals surface area contributed by atoms with Crippen LogP contribution in [0.4, 0.5) is 5.69 Å². The Hall–Kier alpha value is -3.21. The van der Waals surface area contributed by atoms with E-state index in [1.54, 1.807) is 24.3 Å². The fourth-order valence-corrected chi connectivity index (χ4v) is 2.15. The van der Waals surface area contributed by atoms with Crippen molar-refractivity contribution in [2.75, 3.05) is 19.5 Å². The number of nitriles is 1. The lowest BCUT2D eigenvalue weighted by Crippen LogP contribution is -2.35. The normalized spacial score (nSPS) is 12.1. The Balaban J connectivity index is 2.96. The van der Waals surface area contributed by atoms with Crippen molar-refractivity contribution in [2.45, 2.75) is 26.3 Å². The van der Waals surface area contributed by atoms with Gasteiger partial charge in [-0.05, 0) is 24.5 Å². The SMILES string of the molecule is COc1ccc(OC)c(NC(=O)/C(C#N)=C\NC(CC(C)C)C(=O)O)c1. The van der Waals surface area contributed by atoms with Crippen molar-refractivity contribution in [2.24, 2.45) is 5.92 Å². The van der Waals surface area contributed by atoms with Crippen LogP contribution in [0.5, 0.6) is 11.5 Å². The highest BCUT2D eigenvalue weighted by Gasteiger charge is 2.19. The van der Waals surface area contributed by atoms with E-state index in [1.807, 2.05) is 13.8 Å². The number of carboxylic acid groups (broad SMARTS) is 1. The molecule has 0 bridgehead atoms. The number of rotatable bonds is 9. The second-order valence-corrected chi connectivity index (χ2v) is 5.88. The first-order valence-electron chi connectivity index (χ1n) is 7.94. The molecule has 3 N–H and O–H groups in total. The van der Waals surface area contributed by atoms with Crippen LogP contribution >= 0.6 is 0 Å². The van der Waals surface area contributed by atoms with Gasteiger partial charge in [-0.15, -0.1) is 0 Å². The molecule has 140 valence electrons. The van der Waals surface area contributed by atoms with Gasteiger partial charge in [-0.1, -0.05) is 13.8 Å². The molecular weight excluding hydrogens is 338 g/mol. The van der Waals surface area contributed by atoms with Crippen LogP contribution in [0, 0.1) is 17.2 Å². The number of amides is 1. The Kier molecular flexibility index (Phi) is 7.96. The average Bonchev–Trinajstić information content (AvgIpc) is 2.60. The number of carbonyl (C=O) groups is 2. The molecule has 26 heavy (non-hydrogen) atoms. The summed E-state index contributed by atoms with van der Waals surface area (Å²) in [6.45, 7) is 3.77. The second-order valence-electron chi connectivity index (χ2n) is 5.88. The van der Waals surface area contributed by atoms with Crippen molar-refractivity contribution in [3.05, 3.63) is 30.0 Å². The van der Waals surface area contributed by atoms with Crippen LogP contribution in [0.15, 0.2) is 30.0 Å². The van der Waals surface area contributed by atoms with Gasteiger partial charge in [0.05, 0.1) is 19.9 Å².